The van der Waals surface area contributed by atoms with E-state index in [-0.39, 0.29) is 27.9 Å². The van der Waals surface area contributed by atoms with Gasteiger partial charge in [0.05, 0.1) is 24.4 Å². The van der Waals surface area contributed by atoms with E-state index in [9.17, 15) is 17.6 Å². The Morgan fingerprint density at radius 3 is 2.81 bits per heavy atom. The minimum absolute atomic E-state index is 0.00270. The number of anilines is 1. The van der Waals surface area contributed by atoms with Crippen LogP contribution in [0.15, 0.2) is 47.4 Å². The van der Waals surface area contributed by atoms with Crippen LogP contribution in [0.4, 0.5) is 10.1 Å². The molecular formula is C19H20FNO5S. The lowest BCUT2D eigenvalue weighted by Gasteiger charge is -2.11. The zero-order valence-corrected chi connectivity index (χ0v) is 15.6. The molecule has 144 valence electrons. The Morgan fingerprint density at radius 2 is 2.11 bits per heavy atom. The molecule has 27 heavy (non-hydrogen) atoms. The van der Waals surface area contributed by atoms with Gasteiger partial charge in [0, 0.05) is 23.9 Å². The summed E-state index contributed by atoms with van der Waals surface area (Å²) in [7, 11) is -2.19. The molecule has 8 heteroatoms. The second-order valence-electron chi connectivity index (χ2n) is 6.34. The molecule has 1 saturated heterocycles. The predicted octanol–water partition coefficient (Wildman–Crippen LogP) is 2.90. The molecule has 2 aromatic rings. The second kappa shape index (κ2) is 8.06. The highest BCUT2D eigenvalue weighted by atomic mass is 32.2. The van der Waals surface area contributed by atoms with Crippen LogP contribution in [0.2, 0.25) is 0 Å². The topological polar surface area (TPSA) is 81.7 Å². The fourth-order valence-corrected chi connectivity index (χ4v) is 4.56. The molecule has 0 saturated carbocycles. The summed E-state index contributed by atoms with van der Waals surface area (Å²) in [5.74, 6) is -1.07. The molecule has 0 spiro atoms. The van der Waals surface area contributed by atoms with Crippen LogP contribution in [0, 0.1) is 11.7 Å². The minimum Gasteiger partial charge on any atom is -0.494 e. The van der Waals surface area contributed by atoms with Gasteiger partial charge in [-0.3, -0.25) is 4.79 Å². The molecule has 6 nitrogen and oxygen atoms in total. The monoisotopic (exact) mass is 393 g/mol. The van der Waals surface area contributed by atoms with Gasteiger partial charge in [-0.1, -0.05) is 6.07 Å². The maximum Gasteiger partial charge on any atom is 0.255 e. The summed E-state index contributed by atoms with van der Waals surface area (Å²) in [5.41, 5.74) is 0.539. The first-order chi connectivity index (χ1) is 12.9. The molecule has 1 amide bonds. The fourth-order valence-electron chi connectivity index (χ4n) is 2.89. The average Bonchev–Trinajstić information content (AvgIpc) is 3.15. The van der Waals surface area contributed by atoms with E-state index in [0.29, 0.717) is 25.3 Å². The van der Waals surface area contributed by atoms with Crippen LogP contribution < -0.4 is 10.1 Å². The summed E-state index contributed by atoms with van der Waals surface area (Å²) < 4.78 is 48.8. The van der Waals surface area contributed by atoms with Crippen LogP contribution in [0.3, 0.4) is 0 Å². The van der Waals surface area contributed by atoms with Crippen molar-refractivity contribution in [2.45, 2.75) is 11.3 Å². The van der Waals surface area contributed by atoms with Gasteiger partial charge >= 0.3 is 0 Å². The lowest BCUT2D eigenvalue weighted by atomic mass is 10.2. The first kappa shape index (κ1) is 19.3. The van der Waals surface area contributed by atoms with Crippen molar-refractivity contribution in [1.29, 1.82) is 0 Å². The largest absolute Gasteiger partial charge is 0.494 e. The quantitative estimate of drug-likeness (QED) is 0.816. The number of halogens is 1. The van der Waals surface area contributed by atoms with Gasteiger partial charge in [-0.05, 0) is 42.7 Å². The number of amides is 1. The normalized spacial score (nSPS) is 16.9. The third-order valence-electron chi connectivity index (χ3n) is 4.34. The summed E-state index contributed by atoms with van der Waals surface area (Å²) in [4.78, 5) is 12.6. The molecule has 0 unspecified atom stereocenters. The number of hydrogen-bond donors (Lipinski definition) is 1. The second-order valence-corrected chi connectivity index (χ2v) is 8.38. The van der Waals surface area contributed by atoms with E-state index in [1.807, 2.05) is 0 Å². The smallest absolute Gasteiger partial charge is 0.255 e. The Labute approximate surface area is 157 Å². The van der Waals surface area contributed by atoms with Gasteiger partial charge in [0.15, 0.2) is 21.4 Å². The van der Waals surface area contributed by atoms with Gasteiger partial charge in [0.2, 0.25) is 0 Å². The van der Waals surface area contributed by atoms with E-state index >= 15 is 0 Å². The third kappa shape index (κ3) is 4.64. The number of methoxy groups -OCH3 is 1. The summed E-state index contributed by atoms with van der Waals surface area (Å²) in [5, 5.41) is 2.61. The van der Waals surface area contributed by atoms with Crippen molar-refractivity contribution in [3.05, 3.63) is 53.8 Å². The van der Waals surface area contributed by atoms with Crippen LogP contribution in [-0.4, -0.2) is 40.4 Å². The van der Waals surface area contributed by atoms with Gasteiger partial charge in [0.25, 0.3) is 5.91 Å². The van der Waals surface area contributed by atoms with E-state index < -0.39 is 21.6 Å². The van der Waals surface area contributed by atoms with Crippen molar-refractivity contribution in [2.75, 3.05) is 31.4 Å². The van der Waals surface area contributed by atoms with E-state index in [0.717, 1.165) is 0 Å². The first-order valence-corrected chi connectivity index (χ1v) is 10.1. The van der Waals surface area contributed by atoms with Gasteiger partial charge in [-0.2, -0.15) is 0 Å². The number of ether oxygens (including phenoxy) is 2. The van der Waals surface area contributed by atoms with Gasteiger partial charge < -0.3 is 14.8 Å². The molecule has 1 heterocycles. The van der Waals surface area contributed by atoms with Crippen molar-refractivity contribution in [2.24, 2.45) is 5.92 Å². The lowest BCUT2D eigenvalue weighted by molar-refractivity contribution is 0.102. The molecule has 1 fully saturated rings. The van der Waals surface area contributed by atoms with Gasteiger partial charge in [0.1, 0.15) is 0 Å². The molecule has 0 bridgehead atoms. The molecular weight excluding hydrogens is 373 g/mol. The highest BCUT2D eigenvalue weighted by molar-refractivity contribution is 7.91. The number of benzene rings is 2. The maximum absolute atomic E-state index is 13.5. The Hall–Kier alpha value is -2.45. The number of hydrogen-bond acceptors (Lipinski definition) is 5. The van der Waals surface area contributed by atoms with E-state index in [1.165, 1.54) is 49.6 Å². The van der Waals surface area contributed by atoms with Crippen LogP contribution in [0.1, 0.15) is 16.8 Å². The van der Waals surface area contributed by atoms with Crippen molar-refractivity contribution < 1.29 is 27.1 Å². The molecule has 2 aromatic carbocycles. The number of sulfone groups is 1. The molecule has 1 N–H and O–H groups in total. The summed E-state index contributed by atoms with van der Waals surface area (Å²) >= 11 is 0. The van der Waals surface area contributed by atoms with Crippen molar-refractivity contribution >= 4 is 21.4 Å². The lowest BCUT2D eigenvalue weighted by Crippen LogP contribution is -2.18. The number of carbonyl (C=O) groups excluding carboxylic acids is 1. The Kier molecular flexibility index (Phi) is 5.76. The van der Waals surface area contributed by atoms with Crippen LogP contribution in [0.5, 0.6) is 5.75 Å². The van der Waals surface area contributed by atoms with Crippen molar-refractivity contribution in [1.82, 2.24) is 0 Å². The molecule has 1 aliphatic rings. The average molecular weight is 393 g/mol. The summed E-state index contributed by atoms with van der Waals surface area (Å²) in [6, 6.07) is 9.80. The molecule has 0 radical (unpaired) electrons. The molecule has 0 aromatic heterocycles. The van der Waals surface area contributed by atoms with Gasteiger partial charge in [-0.15, -0.1) is 0 Å². The molecule has 3 rings (SSSR count). The van der Waals surface area contributed by atoms with Crippen LogP contribution in [-0.2, 0) is 14.6 Å². The fraction of sp³-hybridized carbons (Fsp3) is 0.316. The highest BCUT2D eigenvalue weighted by Gasteiger charge is 2.25. The van der Waals surface area contributed by atoms with E-state index in [1.54, 1.807) is 0 Å². The van der Waals surface area contributed by atoms with Crippen molar-refractivity contribution in [3.63, 3.8) is 0 Å². The van der Waals surface area contributed by atoms with Gasteiger partial charge in [-0.25, -0.2) is 12.8 Å². The standard InChI is InChI=1S/C19H20FNO5S/c1-25-18-10-15(5-6-17(18)20)21-19(22)14-3-2-4-16(9-14)27(23,24)12-13-7-8-26-11-13/h2-6,9-10,13H,7-8,11-12H2,1H3,(H,21,22)/t13-/m0/s1. The summed E-state index contributed by atoms with van der Waals surface area (Å²) in [6.07, 6.45) is 0.714. The third-order valence-corrected chi connectivity index (χ3v) is 6.23. The zero-order chi connectivity index (χ0) is 19.4. The molecule has 1 aliphatic heterocycles. The Morgan fingerprint density at radius 1 is 1.30 bits per heavy atom. The van der Waals surface area contributed by atoms with Crippen LogP contribution in [0.25, 0.3) is 0 Å². The highest BCUT2D eigenvalue weighted by Crippen LogP contribution is 2.23. The predicted molar refractivity (Wildman–Crippen MR) is 98.3 cm³/mol. The zero-order valence-electron chi connectivity index (χ0n) is 14.8. The Bertz CT molecular complexity index is 939. The summed E-state index contributed by atoms with van der Waals surface area (Å²) in [6.45, 7) is 1.01. The van der Waals surface area contributed by atoms with E-state index in [4.69, 9.17) is 9.47 Å². The first-order valence-electron chi connectivity index (χ1n) is 8.44. The van der Waals surface area contributed by atoms with Crippen LogP contribution >= 0.6 is 0 Å². The number of carbonyl (C=O) groups is 1. The molecule has 1 atom stereocenters. The van der Waals surface area contributed by atoms with Crippen molar-refractivity contribution in [3.8, 4) is 5.75 Å². The molecule has 0 aliphatic carbocycles. The number of rotatable bonds is 6. The van der Waals surface area contributed by atoms with E-state index in [2.05, 4.69) is 5.32 Å². The Balaban J connectivity index is 1.77. The number of nitrogens with one attached hydrogen (secondary N) is 1. The SMILES string of the molecule is COc1cc(NC(=O)c2cccc(S(=O)(=O)C[C@H]3CCOC3)c2)ccc1F. The minimum atomic E-state index is -3.52. The maximum atomic E-state index is 13.5.